The van der Waals surface area contributed by atoms with Gasteiger partial charge >= 0.3 is 5.69 Å². The highest BCUT2D eigenvalue weighted by atomic mass is 35.5. The number of imidazole rings is 1. The highest BCUT2D eigenvalue weighted by molar-refractivity contribution is 8.15. The number of fused-ring (bicyclic) bond motifs is 1. The van der Waals surface area contributed by atoms with Crippen molar-refractivity contribution in [2.24, 2.45) is 0 Å². The van der Waals surface area contributed by atoms with Gasteiger partial charge in [-0.25, -0.2) is 4.79 Å². The Morgan fingerprint density at radius 2 is 1.79 bits per heavy atom. The third-order valence-corrected chi connectivity index (χ3v) is 7.55. The van der Waals surface area contributed by atoms with Gasteiger partial charge in [-0.1, -0.05) is 30.0 Å². The summed E-state index contributed by atoms with van der Waals surface area (Å²) in [5, 5.41) is 15.5. The van der Waals surface area contributed by atoms with Gasteiger partial charge in [-0.2, -0.15) is 0 Å². The number of para-hydroxylation sites is 1. The van der Waals surface area contributed by atoms with Gasteiger partial charge in [-0.3, -0.25) is 14.9 Å². The van der Waals surface area contributed by atoms with Crippen molar-refractivity contribution in [3.05, 3.63) is 58.5 Å². The fourth-order valence-corrected chi connectivity index (χ4v) is 5.49. The Bertz CT molecular complexity index is 1290. The van der Waals surface area contributed by atoms with Crippen LogP contribution in [0.25, 0.3) is 11.0 Å². The Kier molecular flexibility index (Phi) is 10.5. The number of carbonyl (C=O) groups excluding carboxylic acids is 2. The van der Waals surface area contributed by atoms with Gasteiger partial charge in [0.1, 0.15) is 24.0 Å². The molecule has 2 saturated heterocycles. The van der Waals surface area contributed by atoms with Gasteiger partial charge in [-0.15, -0.1) is 24.8 Å². The molecule has 2 fully saturated rings. The lowest BCUT2D eigenvalue weighted by Crippen LogP contribution is -2.45. The molecule has 5 N–H and O–H groups in total. The van der Waals surface area contributed by atoms with Crippen LogP contribution in [0.1, 0.15) is 18.4 Å². The van der Waals surface area contributed by atoms with Crippen LogP contribution in [-0.2, 0) is 11.2 Å². The number of imide groups is 1. The second kappa shape index (κ2) is 13.4. The van der Waals surface area contributed by atoms with Crippen LogP contribution < -0.4 is 26.0 Å². The average Bonchev–Trinajstić information content (AvgIpc) is 3.42. The molecule has 1 aromatic heterocycles. The van der Waals surface area contributed by atoms with Crippen LogP contribution >= 0.6 is 36.6 Å². The maximum Gasteiger partial charge on any atom is 0.323 e. The van der Waals surface area contributed by atoms with E-state index < -0.39 is 6.10 Å². The molecule has 3 aromatic rings. The van der Waals surface area contributed by atoms with Gasteiger partial charge < -0.3 is 30.0 Å². The molecule has 2 aliphatic rings. The summed E-state index contributed by atoms with van der Waals surface area (Å²) in [4.78, 5) is 42.4. The largest absolute Gasteiger partial charge is 0.489 e. The predicted octanol–water partition coefficient (Wildman–Crippen LogP) is 2.59. The molecular formula is C25H31Cl2N5O5S. The molecule has 0 spiro atoms. The topological polar surface area (TPSA) is 140 Å². The number of benzene rings is 2. The monoisotopic (exact) mass is 583 g/mol. The number of carbonyl (C=O) groups is 2. The normalized spacial score (nSPS) is 18.6. The van der Waals surface area contributed by atoms with Crippen molar-refractivity contribution >= 4 is 64.4 Å². The van der Waals surface area contributed by atoms with Crippen LogP contribution in [-0.4, -0.2) is 69.9 Å². The van der Waals surface area contributed by atoms with Crippen LogP contribution in [0, 0.1) is 0 Å². The van der Waals surface area contributed by atoms with Crippen LogP contribution in [0.2, 0.25) is 0 Å². The minimum Gasteiger partial charge on any atom is -0.489 e. The van der Waals surface area contributed by atoms with Crippen molar-refractivity contribution < 1.29 is 19.4 Å². The molecule has 206 valence electrons. The molecule has 2 aliphatic heterocycles. The number of amides is 2. The summed E-state index contributed by atoms with van der Waals surface area (Å²) in [5.41, 5.74) is 3.15. The second-order valence-electron chi connectivity index (χ2n) is 9.15. The molecule has 3 heterocycles. The molecule has 0 aliphatic carbocycles. The zero-order valence-corrected chi connectivity index (χ0v) is 22.9. The number of hydrogen-bond acceptors (Lipinski definition) is 8. The summed E-state index contributed by atoms with van der Waals surface area (Å²) in [6.45, 7) is 2.36. The Morgan fingerprint density at radius 1 is 1.05 bits per heavy atom. The number of thioether (sulfide) groups is 1. The second-order valence-corrected chi connectivity index (χ2v) is 10.3. The molecule has 2 atom stereocenters. The third-order valence-electron chi connectivity index (χ3n) is 6.57. The van der Waals surface area contributed by atoms with Gasteiger partial charge in [0.15, 0.2) is 0 Å². The smallest absolute Gasteiger partial charge is 0.323 e. The van der Waals surface area contributed by atoms with Crippen molar-refractivity contribution in [1.29, 1.82) is 0 Å². The quantitative estimate of drug-likeness (QED) is 0.259. The number of H-pyrrole nitrogens is 2. The molecule has 1 unspecified atom stereocenters. The van der Waals surface area contributed by atoms with E-state index >= 15 is 0 Å². The number of halogens is 2. The number of aromatic amines is 2. The maximum absolute atomic E-state index is 11.8. The SMILES string of the molecule is Cl.Cl.O=C1NC(=O)C(Cc2ccc(N3CCC(NC[C@H](O)COc4cccc5[nH]c(=O)[nH]c45)CC3)cc2)S1. The Labute approximate surface area is 236 Å². The van der Waals surface area contributed by atoms with E-state index in [4.69, 9.17) is 4.74 Å². The Hall–Kier alpha value is -2.70. The van der Waals surface area contributed by atoms with Gasteiger partial charge in [-0.05, 0) is 49.1 Å². The lowest BCUT2D eigenvalue weighted by molar-refractivity contribution is -0.118. The van der Waals surface area contributed by atoms with Gasteiger partial charge in [0, 0.05) is 31.4 Å². The number of nitrogens with zero attached hydrogens (tertiary/aromatic N) is 1. The highest BCUT2D eigenvalue weighted by Gasteiger charge is 2.31. The number of anilines is 1. The number of aliphatic hydroxyl groups is 1. The van der Waals surface area contributed by atoms with Gasteiger partial charge in [0.05, 0.1) is 10.8 Å². The number of ether oxygens (including phenoxy) is 1. The first-order chi connectivity index (χ1) is 17.4. The molecule has 2 amide bonds. The molecular weight excluding hydrogens is 553 g/mol. The third kappa shape index (κ3) is 7.23. The standard InChI is InChI=1S/C25H29N5O5S.2ClH/c31-18(14-35-20-3-1-2-19-22(20)28-24(33)27-19)13-26-16-8-10-30(11-9-16)17-6-4-15(5-7-17)12-21-23(32)29-25(34)36-21;;/h1-7,16,18,21,26,31H,8-14H2,(H2,27,28,33)(H,29,32,34);2*1H/t18-,21?;;/m0../s1. The summed E-state index contributed by atoms with van der Waals surface area (Å²) in [5.74, 6) is 0.317. The number of nitrogens with one attached hydrogen (secondary N) is 4. The highest BCUT2D eigenvalue weighted by Crippen LogP contribution is 2.25. The predicted molar refractivity (Wildman–Crippen MR) is 153 cm³/mol. The lowest BCUT2D eigenvalue weighted by atomic mass is 10.0. The van der Waals surface area contributed by atoms with E-state index in [0.29, 0.717) is 35.8 Å². The molecule has 10 nitrogen and oxygen atoms in total. The minimum atomic E-state index is -0.674. The number of aromatic nitrogens is 2. The van der Waals surface area contributed by atoms with Crippen molar-refractivity contribution in [3.8, 4) is 5.75 Å². The Morgan fingerprint density at radius 3 is 2.47 bits per heavy atom. The zero-order chi connectivity index (χ0) is 25.1. The van der Waals surface area contributed by atoms with Crippen LogP contribution in [0.4, 0.5) is 10.5 Å². The average molecular weight is 585 g/mol. The molecule has 13 heteroatoms. The van der Waals surface area contributed by atoms with Crippen molar-refractivity contribution in [3.63, 3.8) is 0 Å². The zero-order valence-electron chi connectivity index (χ0n) is 20.5. The number of piperidine rings is 1. The van der Waals surface area contributed by atoms with E-state index in [0.717, 1.165) is 48.9 Å². The van der Waals surface area contributed by atoms with Gasteiger partial charge in [0.2, 0.25) is 5.91 Å². The summed E-state index contributed by atoms with van der Waals surface area (Å²) >= 11 is 1.05. The van der Waals surface area contributed by atoms with E-state index in [2.05, 4.69) is 37.6 Å². The van der Waals surface area contributed by atoms with E-state index in [9.17, 15) is 19.5 Å². The molecule has 0 saturated carbocycles. The first-order valence-electron chi connectivity index (χ1n) is 12.1. The van der Waals surface area contributed by atoms with Crippen molar-refractivity contribution in [2.45, 2.75) is 36.7 Å². The molecule has 5 rings (SSSR count). The number of rotatable bonds is 9. The van der Waals surface area contributed by atoms with Crippen LogP contribution in [0.15, 0.2) is 47.3 Å². The summed E-state index contributed by atoms with van der Waals surface area (Å²) in [6.07, 6.45) is 1.78. The van der Waals surface area contributed by atoms with E-state index in [1.54, 1.807) is 18.2 Å². The van der Waals surface area contributed by atoms with E-state index in [-0.39, 0.29) is 53.5 Å². The fourth-order valence-electron chi connectivity index (χ4n) is 4.63. The van der Waals surface area contributed by atoms with E-state index in [1.165, 1.54) is 0 Å². The minimum absolute atomic E-state index is 0. The van der Waals surface area contributed by atoms with Crippen LogP contribution in [0.3, 0.4) is 0 Å². The first-order valence-corrected chi connectivity index (χ1v) is 12.9. The molecule has 2 aromatic carbocycles. The summed E-state index contributed by atoms with van der Waals surface area (Å²) in [7, 11) is 0. The Balaban J connectivity index is 0.00000200. The molecule has 38 heavy (non-hydrogen) atoms. The molecule has 0 bridgehead atoms. The maximum atomic E-state index is 11.8. The van der Waals surface area contributed by atoms with Crippen molar-refractivity contribution in [1.82, 2.24) is 20.6 Å². The summed E-state index contributed by atoms with van der Waals surface area (Å²) < 4.78 is 5.74. The molecule has 0 radical (unpaired) electrons. The lowest BCUT2D eigenvalue weighted by Gasteiger charge is -2.34. The van der Waals surface area contributed by atoms with Gasteiger partial charge in [0.25, 0.3) is 5.24 Å². The fraction of sp³-hybridized carbons (Fsp3) is 0.400. The van der Waals surface area contributed by atoms with E-state index in [1.807, 2.05) is 12.1 Å². The van der Waals surface area contributed by atoms with Crippen LogP contribution in [0.5, 0.6) is 5.75 Å². The number of hydrogen-bond donors (Lipinski definition) is 5. The first kappa shape index (κ1) is 29.9. The number of aliphatic hydroxyl groups excluding tert-OH is 1. The summed E-state index contributed by atoms with van der Waals surface area (Å²) in [6, 6.07) is 13.9. The van der Waals surface area contributed by atoms with Crippen molar-refractivity contribution in [2.75, 3.05) is 31.1 Å².